The molecule has 13 aromatic rings. The van der Waals surface area contributed by atoms with Gasteiger partial charge in [0.05, 0.1) is 53.2 Å². The number of aryl methyl sites for hydroxylation is 13. The second kappa shape index (κ2) is 32.7. The fraction of sp³-hybridized carbons (Fsp3) is 0.264. The monoisotopic (exact) mass is 1340 g/mol. The molecule has 0 atom stereocenters. The molecule has 1 aliphatic carbocycles. The SMILES string of the molecule is CC1=Cc2ccc(C)cc2C1.CC1=Nc2ccc(C)cc2C1.CC1=Nc2ccc(C)cc2C1.CC1=Nc2ccc(C)cc2C1.CC1=Nc2ccc(C)cc2C1.Cc1ccc2nc(C)oc2c1.Cc1ccc2nc(C)oc2c1.Cc1ccc2nc(C)sc2c1.Cc1ccc2nc(C)sc2c1. The molecule has 0 N–H and O–H groups in total. The molecule has 504 valence electrons. The van der Waals surface area contributed by atoms with E-state index in [1.165, 1.54) is 121 Å². The van der Waals surface area contributed by atoms with Gasteiger partial charge in [-0.3, -0.25) is 20.0 Å². The molecule has 18 rings (SSSR count). The van der Waals surface area contributed by atoms with E-state index >= 15 is 0 Å². The molecule has 10 nitrogen and oxygen atoms in total. The number of hydrogen-bond acceptors (Lipinski definition) is 12. The van der Waals surface area contributed by atoms with Crippen molar-refractivity contribution in [3.8, 4) is 0 Å². The first-order valence-corrected chi connectivity index (χ1v) is 35.6. The highest BCUT2D eigenvalue weighted by Gasteiger charge is 2.14. The number of hydrogen-bond donors (Lipinski definition) is 0. The van der Waals surface area contributed by atoms with Crippen LogP contribution in [0.5, 0.6) is 0 Å². The topological polar surface area (TPSA) is 127 Å². The lowest BCUT2D eigenvalue weighted by Crippen LogP contribution is -1.88. The van der Waals surface area contributed by atoms with Crippen molar-refractivity contribution < 1.29 is 8.83 Å². The van der Waals surface area contributed by atoms with Gasteiger partial charge in [0.2, 0.25) is 0 Å². The molecular formula is C87H92N8O2S2. The summed E-state index contributed by atoms with van der Waals surface area (Å²) in [5.74, 6) is 1.45. The van der Waals surface area contributed by atoms with Crippen LogP contribution in [0.2, 0.25) is 0 Å². The lowest BCUT2D eigenvalue weighted by atomic mass is 10.1. The molecule has 0 saturated carbocycles. The van der Waals surface area contributed by atoms with Crippen LogP contribution < -0.4 is 0 Å². The van der Waals surface area contributed by atoms with Crippen molar-refractivity contribution in [1.29, 1.82) is 0 Å². The van der Waals surface area contributed by atoms with Gasteiger partial charge in [-0.2, -0.15) is 0 Å². The number of benzene rings is 9. The molecule has 99 heavy (non-hydrogen) atoms. The van der Waals surface area contributed by atoms with E-state index in [4.69, 9.17) is 8.83 Å². The lowest BCUT2D eigenvalue weighted by Gasteiger charge is -1.98. The number of oxazole rings is 2. The van der Waals surface area contributed by atoms with Gasteiger partial charge in [0.25, 0.3) is 0 Å². The molecule has 0 spiro atoms. The predicted octanol–water partition coefficient (Wildman–Crippen LogP) is 24.2. The molecule has 0 unspecified atom stereocenters. The Bertz CT molecular complexity index is 4530. The number of aromatic nitrogens is 4. The maximum absolute atomic E-state index is 5.34. The molecule has 0 fully saturated rings. The molecule has 8 heterocycles. The van der Waals surface area contributed by atoms with Gasteiger partial charge in [0, 0.05) is 62.4 Å². The van der Waals surface area contributed by atoms with E-state index < -0.39 is 0 Å². The highest BCUT2D eigenvalue weighted by atomic mass is 32.1. The second-order valence-electron chi connectivity index (χ2n) is 26.8. The minimum absolute atomic E-state index is 0.727. The Labute approximate surface area is 593 Å². The molecule has 12 heteroatoms. The van der Waals surface area contributed by atoms with Gasteiger partial charge in [-0.15, -0.1) is 22.7 Å². The lowest BCUT2D eigenvalue weighted by molar-refractivity contribution is 0.560. The number of aliphatic imine (C=N–C) groups is 4. The van der Waals surface area contributed by atoms with Crippen LogP contribution >= 0.6 is 22.7 Å². The van der Waals surface area contributed by atoms with Crippen LogP contribution in [-0.4, -0.2) is 42.8 Å². The normalized spacial score (nSPS) is 12.8. The van der Waals surface area contributed by atoms with Gasteiger partial charge < -0.3 is 8.83 Å². The molecule has 5 aliphatic rings. The van der Waals surface area contributed by atoms with E-state index in [9.17, 15) is 0 Å². The van der Waals surface area contributed by atoms with E-state index in [2.05, 4.69) is 256 Å². The average molecular weight is 1350 g/mol. The minimum Gasteiger partial charge on any atom is -0.441 e. The zero-order valence-electron chi connectivity index (χ0n) is 60.9. The summed E-state index contributed by atoms with van der Waals surface area (Å²) in [6.45, 7) is 37.2. The zero-order chi connectivity index (χ0) is 70.6. The third-order valence-electron chi connectivity index (χ3n) is 16.7. The van der Waals surface area contributed by atoms with Crippen LogP contribution in [-0.2, 0) is 32.1 Å². The maximum atomic E-state index is 5.34. The van der Waals surface area contributed by atoms with Crippen LogP contribution in [0.1, 0.15) is 140 Å². The van der Waals surface area contributed by atoms with E-state index in [0.29, 0.717) is 0 Å². The number of rotatable bonds is 0. The summed E-state index contributed by atoms with van der Waals surface area (Å²) in [7, 11) is 0. The molecular weight excluding hydrogens is 1250 g/mol. The Balaban J connectivity index is 0.000000120. The summed E-state index contributed by atoms with van der Waals surface area (Å²) < 4.78 is 13.3. The van der Waals surface area contributed by atoms with Crippen LogP contribution in [0, 0.1) is 90.0 Å². The van der Waals surface area contributed by atoms with Crippen LogP contribution in [0.25, 0.3) is 48.7 Å². The van der Waals surface area contributed by atoms with E-state index in [-0.39, 0.29) is 0 Å². The predicted molar refractivity (Wildman–Crippen MR) is 424 cm³/mol. The van der Waals surface area contributed by atoms with Crippen molar-refractivity contribution in [2.45, 2.75) is 157 Å². The van der Waals surface area contributed by atoms with Gasteiger partial charge >= 0.3 is 0 Å². The van der Waals surface area contributed by atoms with E-state index in [1.807, 2.05) is 77.9 Å². The van der Waals surface area contributed by atoms with Gasteiger partial charge in [-0.05, 0) is 246 Å². The summed E-state index contributed by atoms with van der Waals surface area (Å²) in [5.41, 5.74) is 37.0. The maximum Gasteiger partial charge on any atom is 0.192 e. The summed E-state index contributed by atoms with van der Waals surface area (Å²) in [6.07, 6.45) is 7.58. The molecule has 9 aromatic carbocycles. The summed E-state index contributed by atoms with van der Waals surface area (Å²) in [6, 6.07) is 57.1. The van der Waals surface area contributed by atoms with Gasteiger partial charge in [0.1, 0.15) is 11.0 Å². The second-order valence-corrected chi connectivity index (χ2v) is 29.3. The molecule has 4 aliphatic heterocycles. The average Bonchev–Trinajstić information content (AvgIpc) is 1.88. The van der Waals surface area contributed by atoms with Crippen molar-refractivity contribution >= 4 is 117 Å². The van der Waals surface area contributed by atoms with E-state index in [0.717, 1.165) is 110 Å². The van der Waals surface area contributed by atoms with Crippen molar-refractivity contribution in [1.82, 2.24) is 19.9 Å². The molecule has 0 bridgehead atoms. The highest BCUT2D eigenvalue weighted by Crippen LogP contribution is 2.32. The van der Waals surface area contributed by atoms with Crippen molar-refractivity contribution in [3.63, 3.8) is 0 Å². The van der Waals surface area contributed by atoms with Crippen LogP contribution in [0.3, 0.4) is 0 Å². The Morgan fingerprint density at radius 2 is 0.556 bits per heavy atom. The van der Waals surface area contributed by atoms with Crippen molar-refractivity contribution in [2.75, 3.05) is 0 Å². The first-order valence-electron chi connectivity index (χ1n) is 34.0. The quantitative estimate of drug-likeness (QED) is 0.149. The Morgan fingerprint density at radius 1 is 0.273 bits per heavy atom. The first-order chi connectivity index (χ1) is 47.3. The highest BCUT2D eigenvalue weighted by molar-refractivity contribution is 7.18. The zero-order valence-corrected chi connectivity index (χ0v) is 62.5. The smallest absolute Gasteiger partial charge is 0.192 e. The number of fused-ring (bicyclic) bond motifs is 9. The molecule has 4 aromatic heterocycles. The fourth-order valence-electron chi connectivity index (χ4n) is 12.2. The summed E-state index contributed by atoms with van der Waals surface area (Å²) in [5, 5.41) is 2.29. The Hall–Kier alpha value is -9.88. The van der Waals surface area contributed by atoms with Gasteiger partial charge in [0.15, 0.2) is 22.9 Å². The van der Waals surface area contributed by atoms with Crippen LogP contribution in [0.15, 0.2) is 198 Å². The molecule has 0 amide bonds. The number of nitrogens with zero attached hydrogens (tertiary/aromatic N) is 8. The molecule has 0 saturated heterocycles. The van der Waals surface area contributed by atoms with Crippen LogP contribution in [0.4, 0.5) is 22.7 Å². The standard InChI is InChI=1S/C11H12.4C10H11N.2C9H9NO.2C9H9NS/c1-8-3-4-10-6-9(2)7-11(10)5-8;4*1-7-3-4-10-9(5-7)6-8(2)11-10;4*1-6-3-4-8-9(5-6)11-7(2)10-8/h3-6H,7H2,1-2H3;4*3-5H,6H2,1-2H3;4*3-5H,1-2H3. The van der Waals surface area contributed by atoms with Gasteiger partial charge in [-0.1, -0.05) is 130 Å². The largest absolute Gasteiger partial charge is 0.441 e. The Kier molecular flexibility index (Phi) is 23.7. The van der Waals surface area contributed by atoms with Crippen molar-refractivity contribution in [2.24, 2.45) is 20.0 Å². The summed E-state index contributed by atoms with van der Waals surface area (Å²) in [4.78, 5) is 34.8. The number of allylic oxidation sites excluding steroid dienone is 1. The third-order valence-corrected chi connectivity index (χ3v) is 18.6. The van der Waals surface area contributed by atoms with E-state index in [1.54, 1.807) is 22.7 Å². The third kappa shape index (κ3) is 20.4. The number of thiazole rings is 2. The first kappa shape index (κ1) is 71.9. The Morgan fingerprint density at radius 3 is 0.899 bits per heavy atom. The molecule has 0 radical (unpaired) electrons. The van der Waals surface area contributed by atoms with Crippen molar-refractivity contribution in [3.05, 3.63) is 275 Å². The summed E-state index contributed by atoms with van der Waals surface area (Å²) >= 11 is 3.51. The van der Waals surface area contributed by atoms with Gasteiger partial charge in [-0.25, -0.2) is 19.9 Å². The minimum atomic E-state index is 0.727. The fourth-order valence-corrected chi connectivity index (χ4v) is 14.0.